The molecule has 1 aromatic heterocycles. The van der Waals surface area contributed by atoms with Crippen molar-refractivity contribution in [1.82, 2.24) is 4.57 Å². The van der Waals surface area contributed by atoms with E-state index >= 15 is 4.39 Å². The van der Waals surface area contributed by atoms with E-state index in [1.807, 2.05) is 11.8 Å². The third kappa shape index (κ3) is 2.75. The smallest absolute Gasteiger partial charge is 0.341 e. The number of hydrogen-bond donors (Lipinski definition) is 2. The third-order valence-corrected chi connectivity index (χ3v) is 5.56. The lowest BCUT2D eigenvalue weighted by molar-refractivity contribution is 0.0695. The van der Waals surface area contributed by atoms with Crippen LogP contribution in [-0.4, -0.2) is 41.9 Å². The van der Waals surface area contributed by atoms with Gasteiger partial charge >= 0.3 is 5.97 Å². The molecule has 8 heteroatoms. The summed E-state index contributed by atoms with van der Waals surface area (Å²) in [5, 5.41) is 9.40. The first-order chi connectivity index (χ1) is 12.8. The fourth-order valence-electron chi connectivity index (χ4n) is 3.90. The molecule has 0 amide bonds. The lowest BCUT2D eigenvalue weighted by Gasteiger charge is -2.24. The van der Waals surface area contributed by atoms with Gasteiger partial charge in [0.25, 0.3) is 0 Å². The number of carboxylic acids is 1. The highest BCUT2D eigenvalue weighted by Crippen LogP contribution is 2.44. The molecule has 3 N–H and O–H groups in total. The molecule has 1 aliphatic heterocycles. The Morgan fingerprint density at radius 3 is 2.59 bits per heavy atom. The summed E-state index contributed by atoms with van der Waals surface area (Å²) in [6.45, 7) is 3.08. The number of ether oxygens (including phenoxy) is 1. The molecule has 2 atom stereocenters. The van der Waals surface area contributed by atoms with Crippen LogP contribution in [0.15, 0.2) is 17.1 Å². The van der Waals surface area contributed by atoms with Gasteiger partial charge in [-0.2, -0.15) is 0 Å². The molecule has 0 radical (unpaired) electrons. The zero-order valence-electron chi connectivity index (χ0n) is 15.2. The number of halogens is 1. The molecule has 144 valence electrons. The molecule has 2 heterocycles. The van der Waals surface area contributed by atoms with Gasteiger partial charge in [0.2, 0.25) is 5.43 Å². The number of carboxylic acid groups (broad SMARTS) is 1. The monoisotopic (exact) mass is 375 g/mol. The first-order valence-corrected chi connectivity index (χ1v) is 9.02. The minimum Gasteiger partial charge on any atom is -0.492 e. The van der Waals surface area contributed by atoms with Crippen molar-refractivity contribution in [1.29, 1.82) is 0 Å². The maximum absolute atomic E-state index is 15.1. The predicted molar refractivity (Wildman–Crippen MR) is 99.3 cm³/mol. The molecule has 27 heavy (non-hydrogen) atoms. The third-order valence-electron chi connectivity index (χ3n) is 5.56. The molecule has 2 unspecified atom stereocenters. The van der Waals surface area contributed by atoms with E-state index in [9.17, 15) is 14.7 Å². The van der Waals surface area contributed by atoms with Gasteiger partial charge in [-0.3, -0.25) is 4.79 Å². The van der Waals surface area contributed by atoms with E-state index in [1.165, 1.54) is 13.3 Å². The summed E-state index contributed by atoms with van der Waals surface area (Å²) in [5.41, 5.74) is 5.76. The van der Waals surface area contributed by atoms with Crippen LogP contribution in [0.5, 0.6) is 5.75 Å². The Hall–Kier alpha value is -2.61. The Balaban J connectivity index is 2.04. The number of rotatable bonds is 4. The van der Waals surface area contributed by atoms with Crippen LogP contribution in [0.3, 0.4) is 0 Å². The molecular weight excluding hydrogens is 353 g/mol. The first-order valence-electron chi connectivity index (χ1n) is 9.02. The summed E-state index contributed by atoms with van der Waals surface area (Å²) in [7, 11) is 1.43. The lowest BCUT2D eigenvalue weighted by Crippen LogP contribution is -2.29. The second-order valence-electron chi connectivity index (χ2n) is 7.50. The molecule has 1 aliphatic carbocycles. The number of carbonyl (C=O) groups is 1. The van der Waals surface area contributed by atoms with Gasteiger partial charge in [0.05, 0.1) is 18.0 Å². The van der Waals surface area contributed by atoms with E-state index in [0.29, 0.717) is 18.6 Å². The number of benzene rings is 1. The fraction of sp³-hybridized carbons (Fsp3) is 0.474. The van der Waals surface area contributed by atoms with Crippen molar-refractivity contribution in [2.24, 2.45) is 11.7 Å². The zero-order chi connectivity index (χ0) is 19.5. The topological polar surface area (TPSA) is 97.8 Å². The summed E-state index contributed by atoms with van der Waals surface area (Å²) in [5.74, 6) is -1.47. The van der Waals surface area contributed by atoms with E-state index < -0.39 is 17.2 Å². The van der Waals surface area contributed by atoms with Gasteiger partial charge in [0.15, 0.2) is 11.6 Å². The number of nitrogens with two attached hydrogens (primary N) is 1. The van der Waals surface area contributed by atoms with Crippen LogP contribution in [0.2, 0.25) is 0 Å². The second kappa shape index (κ2) is 6.23. The molecule has 7 nitrogen and oxygen atoms in total. The Kier molecular flexibility index (Phi) is 4.10. The molecule has 1 saturated heterocycles. The molecule has 0 bridgehead atoms. The fourth-order valence-corrected chi connectivity index (χ4v) is 3.90. The predicted octanol–water partition coefficient (Wildman–Crippen LogP) is 1.97. The maximum atomic E-state index is 15.1. The Bertz CT molecular complexity index is 989. The van der Waals surface area contributed by atoms with Gasteiger partial charge in [0.1, 0.15) is 11.3 Å². The number of methoxy groups -OCH3 is 1. The van der Waals surface area contributed by atoms with E-state index in [-0.39, 0.29) is 40.4 Å². The van der Waals surface area contributed by atoms with Crippen LogP contribution in [0.4, 0.5) is 10.1 Å². The van der Waals surface area contributed by atoms with Gasteiger partial charge in [-0.15, -0.1) is 0 Å². The number of aromatic nitrogens is 1. The van der Waals surface area contributed by atoms with Crippen LogP contribution in [-0.2, 0) is 0 Å². The Morgan fingerprint density at radius 2 is 2.07 bits per heavy atom. The summed E-state index contributed by atoms with van der Waals surface area (Å²) in [6.07, 6.45) is 3.10. The van der Waals surface area contributed by atoms with Crippen molar-refractivity contribution in [2.75, 3.05) is 25.1 Å². The van der Waals surface area contributed by atoms with Gasteiger partial charge in [-0.05, 0) is 24.8 Å². The van der Waals surface area contributed by atoms with Crippen molar-refractivity contribution in [3.63, 3.8) is 0 Å². The lowest BCUT2D eigenvalue weighted by atomic mass is 10.1. The molecule has 2 aromatic rings. The molecule has 4 rings (SSSR count). The van der Waals surface area contributed by atoms with Gasteiger partial charge in [-0.1, -0.05) is 6.92 Å². The van der Waals surface area contributed by atoms with Crippen molar-refractivity contribution in [3.8, 4) is 5.75 Å². The largest absolute Gasteiger partial charge is 0.492 e. The van der Waals surface area contributed by atoms with Gasteiger partial charge < -0.3 is 25.0 Å². The highest BCUT2D eigenvalue weighted by molar-refractivity contribution is 5.97. The average Bonchev–Trinajstić information content (AvgIpc) is 3.40. The molecule has 1 aromatic carbocycles. The molecule has 2 fully saturated rings. The molecular formula is C19H22FN3O4. The summed E-state index contributed by atoms with van der Waals surface area (Å²) in [4.78, 5) is 26.0. The normalized spacial score (nSPS) is 22.4. The van der Waals surface area contributed by atoms with E-state index in [1.54, 1.807) is 4.57 Å². The SMILES string of the molecule is COc1c(N2CC(C)C(N)C2)c(F)cc2c(=O)c(C(=O)O)cn(C3CC3)c12. The van der Waals surface area contributed by atoms with Gasteiger partial charge in [0, 0.05) is 31.4 Å². The zero-order valence-corrected chi connectivity index (χ0v) is 15.2. The van der Waals surface area contributed by atoms with Crippen LogP contribution >= 0.6 is 0 Å². The van der Waals surface area contributed by atoms with Crippen molar-refractivity contribution >= 4 is 22.6 Å². The molecule has 0 spiro atoms. The van der Waals surface area contributed by atoms with E-state index in [4.69, 9.17) is 10.5 Å². The Morgan fingerprint density at radius 1 is 1.37 bits per heavy atom. The summed E-state index contributed by atoms with van der Waals surface area (Å²) < 4.78 is 22.4. The van der Waals surface area contributed by atoms with Crippen LogP contribution in [0.1, 0.15) is 36.2 Å². The highest BCUT2D eigenvalue weighted by Gasteiger charge is 2.34. The maximum Gasteiger partial charge on any atom is 0.341 e. The minimum atomic E-state index is -1.32. The minimum absolute atomic E-state index is 0.0245. The number of pyridine rings is 1. The Labute approximate surface area is 155 Å². The number of fused-ring (bicyclic) bond motifs is 1. The van der Waals surface area contributed by atoms with Crippen LogP contribution in [0, 0.1) is 11.7 Å². The second-order valence-corrected chi connectivity index (χ2v) is 7.50. The number of aromatic carboxylic acids is 1. The van der Waals surface area contributed by atoms with Crippen LogP contribution < -0.4 is 20.8 Å². The van der Waals surface area contributed by atoms with Crippen LogP contribution in [0.25, 0.3) is 10.9 Å². The van der Waals surface area contributed by atoms with E-state index in [0.717, 1.165) is 18.9 Å². The first kappa shape index (κ1) is 17.8. The van der Waals surface area contributed by atoms with E-state index in [2.05, 4.69) is 0 Å². The summed E-state index contributed by atoms with van der Waals surface area (Å²) >= 11 is 0. The number of hydrogen-bond acceptors (Lipinski definition) is 5. The number of anilines is 1. The number of nitrogens with zero attached hydrogens (tertiary/aromatic N) is 2. The van der Waals surface area contributed by atoms with Crippen molar-refractivity contribution in [3.05, 3.63) is 33.9 Å². The molecule has 2 aliphatic rings. The molecule has 1 saturated carbocycles. The highest BCUT2D eigenvalue weighted by atomic mass is 19.1. The summed E-state index contributed by atoms with van der Waals surface area (Å²) in [6, 6.07) is 1.14. The van der Waals surface area contributed by atoms with Crippen molar-refractivity contribution < 1.29 is 19.0 Å². The van der Waals surface area contributed by atoms with Crippen molar-refractivity contribution in [2.45, 2.75) is 31.8 Å². The quantitative estimate of drug-likeness (QED) is 0.848. The van der Waals surface area contributed by atoms with Gasteiger partial charge in [-0.25, -0.2) is 9.18 Å². The average molecular weight is 375 g/mol. The standard InChI is InChI=1S/C19H22FN3O4/c1-9-6-22(8-14(9)21)16-13(20)5-11-15(18(16)27-2)23(10-3-4-10)7-12(17(11)24)19(25)26/h5,7,9-10,14H,3-4,6,8,21H2,1-2H3,(H,25,26).